The molecule has 120 valence electrons. The fraction of sp³-hybridized carbons (Fsp3) is 0.588. The summed E-state index contributed by atoms with van der Waals surface area (Å²) in [4.78, 5) is 11.7. The summed E-state index contributed by atoms with van der Waals surface area (Å²) in [5.41, 5.74) is 1.15. The van der Waals surface area contributed by atoms with E-state index < -0.39 is 10.0 Å². The van der Waals surface area contributed by atoms with Gasteiger partial charge in [-0.05, 0) is 48.5 Å². The molecule has 0 heterocycles. The third kappa shape index (κ3) is 6.00. The van der Waals surface area contributed by atoms with E-state index in [1.54, 1.807) is 0 Å². The molecule has 1 N–H and O–H groups in total. The predicted octanol–water partition coefficient (Wildman–Crippen LogP) is 4.34. The van der Waals surface area contributed by atoms with Gasteiger partial charge in [-0.2, -0.15) is 0 Å². The normalized spacial score (nSPS) is 12.0. The molecule has 0 spiro atoms. The number of amides is 1. The highest BCUT2D eigenvalue weighted by molar-refractivity contribution is 8.33. The van der Waals surface area contributed by atoms with Crippen molar-refractivity contribution in [3.8, 4) is 5.75 Å². The lowest BCUT2D eigenvalue weighted by Crippen LogP contribution is -2.29. The maximum atomic E-state index is 11.7. The zero-order valence-electron chi connectivity index (χ0n) is 13.8. The van der Waals surface area contributed by atoms with Crippen molar-refractivity contribution in [2.24, 2.45) is 0 Å². The molecule has 0 aliphatic carbocycles. The van der Waals surface area contributed by atoms with Crippen molar-refractivity contribution in [3.63, 3.8) is 0 Å². The van der Waals surface area contributed by atoms with Crippen LogP contribution in [0.3, 0.4) is 0 Å². The topological polar surface area (TPSA) is 38.3 Å². The third-order valence-corrected chi connectivity index (χ3v) is 8.92. The number of nitrogens with one attached hydrogen (secondary N) is 1. The number of aryl methyl sites for hydroxylation is 1. The smallest absolute Gasteiger partial charge is 0.410 e. The first-order valence-corrected chi connectivity index (χ1v) is 10.1. The average molecular weight is 311 g/mol. The van der Waals surface area contributed by atoms with Gasteiger partial charge in [-0.25, -0.2) is 14.8 Å². The molecule has 0 fully saturated rings. The highest BCUT2D eigenvalue weighted by atomic mass is 32.3. The maximum Gasteiger partial charge on any atom is 0.412 e. The van der Waals surface area contributed by atoms with Crippen LogP contribution in [0.25, 0.3) is 0 Å². The highest BCUT2D eigenvalue weighted by Gasteiger charge is 2.16. The lowest BCUT2D eigenvalue weighted by atomic mass is 10.2. The van der Waals surface area contributed by atoms with Crippen LogP contribution in [0, 0.1) is 6.92 Å². The number of hydrogen-bond donors (Lipinski definition) is 1. The fourth-order valence-electron chi connectivity index (χ4n) is 2.36. The summed E-state index contributed by atoms with van der Waals surface area (Å²) in [6.45, 7) is 9.58. The van der Waals surface area contributed by atoms with Gasteiger partial charge in [0.05, 0.1) is 0 Å². The summed E-state index contributed by atoms with van der Waals surface area (Å²) in [5.74, 6) is 5.69. The molecule has 0 aliphatic rings. The van der Waals surface area contributed by atoms with Crippen molar-refractivity contribution >= 4 is 16.1 Å². The fourth-order valence-corrected chi connectivity index (χ4v) is 5.21. The van der Waals surface area contributed by atoms with Crippen LogP contribution in [-0.2, 0) is 0 Å². The molecular formula is C17H29NO2S. The highest BCUT2D eigenvalue weighted by Crippen LogP contribution is 2.47. The molecule has 0 aromatic heterocycles. The summed E-state index contributed by atoms with van der Waals surface area (Å²) >= 11 is 0. The minimum absolute atomic E-state index is 0.357. The number of carbonyl (C=O) groups excluding carboxylic acids is 1. The average Bonchev–Trinajstić information content (AvgIpc) is 2.50. The Hall–Kier alpha value is -1.16. The van der Waals surface area contributed by atoms with E-state index in [0.717, 1.165) is 12.0 Å². The van der Waals surface area contributed by atoms with Crippen molar-refractivity contribution in [1.82, 2.24) is 5.32 Å². The van der Waals surface area contributed by atoms with Crippen LogP contribution in [0.2, 0.25) is 0 Å². The largest absolute Gasteiger partial charge is 0.412 e. The maximum absolute atomic E-state index is 11.7. The Morgan fingerprint density at radius 1 is 1.10 bits per heavy atom. The predicted molar refractivity (Wildman–Crippen MR) is 93.9 cm³/mol. The van der Waals surface area contributed by atoms with Gasteiger partial charge in [-0.15, -0.1) is 0 Å². The van der Waals surface area contributed by atoms with E-state index in [1.165, 1.54) is 23.0 Å². The number of ether oxygens (including phenoxy) is 1. The second-order valence-electron chi connectivity index (χ2n) is 5.28. The first-order valence-electron chi connectivity index (χ1n) is 7.81. The molecule has 0 bridgehead atoms. The Labute approximate surface area is 130 Å². The molecule has 1 aromatic carbocycles. The van der Waals surface area contributed by atoms with Gasteiger partial charge in [-0.3, -0.25) is 0 Å². The monoisotopic (exact) mass is 311 g/mol. The van der Waals surface area contributed by atoms with Gasteiger partial charge in [0.25, 0.3) is 0 Å². The van der Waals surface area contributed by atoms with Crippen LogP contribution in [0.15, 0.2) is 24.3 Å². The lowest BCUT2D eigenvalue weighted by molar-refractivity contribution is 0.200. The Kier molecular flexibility index (Phi) is 7.65. The zero-order chi connectivity index (χ0) is 15.7. The van der Waals surface area contributed by atoms with Crippen molar-refractivity contribution in [1.29, 1.82) is 0 Å². The van der Waals surface area contributed by atoms with Gasteiger partial charge in [0.15, 0.2) is 0 Å². The lowest BCUT2D eigenvalue weighted by Gasteiger charge is -2.37. The van der Waals surface area contributed by atoms with E-state index in [-0.39, 0.29) is 6.09 Å². The molecule has 0 radical (unpaired) electrons. The second-order valence-corrected chi connectivity index (χ2v) is 9.87. The van der Waals surface area contributed by atoms with E-state index in [2.05, 4.69) is 26.1 Å². The van der Waals surface area contributed by atoms with Crippen molar-refractivity contribution in [2.75, 3.05) is 29.6 Å². The third-order valence-electron chi connectivity index (χ3n) is 4.09. The van der Waals surface area contributed by atoms with Crippen LogP contribution in [0.4, 0.5) is 4.79 Å². The molecule has 1 aromatic rings. The Bertz CT molecular complexity index is 419. The van der Waals surface area contributed by atoms with Crippen molar-refractivity contribution in [3.05, 3.63) is 29.8 Å². The van der Waals surface area contributed by atoms with Crippen molar-refractivity contribution in [2.45, 2.75) is 34.1 Å². The van der Waals surface area contributed by atoms with E-state index in [0.29, 0.717) is 12.3 Å². The Balaban J connectivity index is 2.29. The molecule has 21 heavy (non-hydrogen) atoms. The molecule has 4 heteroatoms. The molecule has 3 nitrogen and oxygen atoms in total. The summed E-state index contributed by atoms with van der Waals surface area (Å²) < 4.78 is 5.24. The zero-order valence-corrected chi connectivity index (χ0v) is 14.6. The molecule has 0 saturated carbocycles. The molecular weight excluding hydrogens is 282 g/mol. The number of carbonyl (C=O) groups is 1. The summed E-state index contributed by atoms with van der Waals surface area (Å²) in [7, 11) is -0.464. The first kappa shape index (κ1) is 17.9. The number of hydrogen-bond acceptors (Lipinski definition) is 2. The Morgan fingerprint density at radius 2 is 1.67 bits per heavy atom. The van der Waals surface area contributed by atoms with Crippen molar-refractivity contribution < 1.29 is 9.53 Å². The van der Waals surface area contributed by atoms with E-state index in [4.69, 9.17) is 4.74 Å². The van der Waals surface area contributed by atoms with E-state index in [1.807, 2.05) is 31.2 Å². The van der Waals surface area contributed by atoms with Crippen LogP contribution in [0.1, 0.15) is 32.8 Å². The van der Waals surface area contributed by atoms with Crippen LogP contribution < -0.4 is 10.1 Å². The van der Waals surface area contributed by atoms with Crippen LogP contribution in [-0.4, -0.2) is 35.6 Å². The van der Waals surface area contributed by atoms with Gasteiger partial charge < -0.3 is 10.1 Å². The number of benzene rings is 1. The first-order chi connectivity index (χ1) is 10.0. The molecule has 1 amide bonds. The summed E-state index contributed by atoms with van der Waals surface area (Å²) in [5, 5.41) is 2.84. The SMILES string of the molecule is CCS(CC)(CC)CCCNC(=O)Oc1ccc(C)cc1. The van der Waals surface area contributed by atoms with Gasteiger partial charge in [0, 0.05) is 6.54 Å². The van der Waals surface area contributed by atoms with Crippen LogP contribution in [0.5, 0.6) is 5.75 Å². The molecule has 1 rings (SSSR count). The molecule has 0 saturated heterocycles. The summed E-state index contributed by atoms with van der Waals surface area (Å²) in [6.07, 6.45) is 0.678. The van der Waals surface area contributed by atoms with Gasteiger partial charge >= 0.3 is 6.09 Å². The number of rotatable bonds is 8. The van der Waals surface area contributed by atoms with Gasteiger partial charge in [-0.1, -0.05) is 38.5 Å². The molecule has 0 aliphatic heterocycles. The Morgan fingerprint density at radius 3 is 2.19 bits per heavy atom. The second kappa shape index (κ2) is 8.98. The van der Waals surface area contributed by atoms with E-state index in [9.17, 15) is 4.79 Å². The van der Waals surface area contributed by atoms with Gasteiger partial charge in [0.1, 0.15) is 5.75 Å². The molecule has 0 atom stereocenters. The standard InChI is InChI=1S/C17H29NO2S/c1-5-21(6-2,7-3)14-8-13-18-17(19)20-16-11-9-15(4)10-12-16/h9-12H,5-8,13-14H2,1-4H3,(H,18,19). The minimum Gasteiger partial charge on any atom is -0.410 e. The van der Waals surface area contributed by atoms with Crippen LogP contribution >= 0.6 is 10.0 Å². The minimum atomic E-state index is -0.464. The van der Waals surface area contributed by atoms with E-state index >= 15 is 0 Å². The summed E-state index contributed by atoms with van der Waals surface area (Å²) in [6, 6.07) is 7.50. The molecule has 0 unspecified atom stereocenters. The van der Waals surface area contributed by atoms with Gasteiger partial charge in [0.2, 0.25) is 0 Å². The quantitative estimate of drug-likeness (QED) is 0.725.